The Morgan fingerprint density at radius 1 is 1.25 bits per heavy atom. The molecule has 0 spiro atoms. The summed E-state index contributed by atoms with van der Waals surface area (Å²) in [6, 6.07) is 10.5. The first-order chi connectivity index (χ1) is 5.34. The molecule has 0 saturated carbocycles. The van der Waals surface area contributed by atoms with Gasteiger partial charge in [0, 0.05) is 0 Å². The minimum atomic E-state index is 0. The van der Waals surface area contributed by atoms with Gasteiger partial charge in [0.2, 0.25) is 0 Å². The van der Waals surface area contributed by atoms with Gasteiger partial charge in [-0.3, -0.25) is 0 Å². The predicted octanol–water partition coefficient (Wildman–Crippen LogP) is 2.22. The molecule has 65 valence electrons. The Bertz CT molecular complexity index is 193. The third kappa shape index (κ3) is 3.43. The summed E-state index contributed by atoms with van der Waals surface area (Å²) >= 11 is 0. The number of hydrogen-bond donors (Lipinski definition) is 0. The molecule has 0 saturated heterocycles. The largest absolute Gasteiger partial charge is 0.187 e. The van der Waals surface area contributed by atoms with Gasteiger partial charge in [-0.25, -0.2) is 0 Å². The molecule has 12 heavy (non-hydrogen) atoms. The average Bonchev–Trinajstić information content (AvgIpc) is 2.07. The Hall–Kier alpha value is -0.248. The lowest BCUT2D eigenvalue weighted by Gasteiger charge is -2.08. The minimum absolute atomic E-state index is 0. The highest BCUT2D eigenvalue weighted by molar-refractivity contribution is 5.75. The zero-order valence-electron chi connectivity index (χ0n) is 7.09. The predicted molar refractivity (Wildman–Crippen MR) is 59.4 cm³/mol. The van der Waals surface area contributed by atoms with Crippen LogP contribution in [-0.2, 0) is 0 Å². The second kappa shape index (κ2) is 6.29. The number of rotatable bonds is 3. The van der Waals surface area contributed by atoms with Gasteiger partial charge in [0.05, 0.1) is 0 Å². The smallest absolute Gasteiger partial charge is 0.0654 e. The van der Waals surface area contributed by atoms with E-state index in [4.69, 9.17) is 0 Å². The van der Waals surface area contributed by atoms with Crippen molar-refractivity contribution in [2.45, 2.75) is 25.7 Å². The maximum atomic E-state index is 4.10. The molecule has 0 aliphatic carbocycles. The zero-order chi connectivity index (χ0) is 8.10. The van der Waals surface area contributed by atoms with Crippen LogP contribution in [0.5, 0.6) is 0 Å². The molecule has 1 radical (unpaired) electrons. The molecule has 0 N–H and O–H groups in total. The van der Waals surface area contributed by atoms with Gasteiger partial charge in [0.15, 0.2) is 17.4 Å². The van der Waals surface area contributed by atoms with E-state index in [2.05, 4.69) is 38.1 Å². The maximum absolute atomic E-state index is 4.10. The normalized spacial score (nSPS) is 11.8. The molecule has 1 atom stereocenters. The summed E-state index contributed by atoms with van der Waals surface area (Å²) in [6.45, 7) is 6.29. The summed E-state index contributed by atoms with van der Waals surface area (Å²) in [5.74, 6) is 0.473. The third-order valence-electron chi connectivity index (χ3n) is 1.91. The molecule has 0 aliphatic rings. The Kier molecular flexibility index (Phi) is 6.16. The van der Waals surface area contributed by atoms with Crippen LogP contribution in [0.4, 0.5) is 0 Å². The van der Waals surface area contributed by atoms with E-state index in [0.717, 1.165) is 0 Å². The van der Waals surface area contributed by atoms with Crippen LogP contribution in [-0.4, -0.2) is 17.4 Å². The Labute approximate surface area is 86.1 Å². The van der Waals surface area contributed by atoms with Gasteiger partial charge in [-0.15, -0.1) is 0 Å². The first-order valence-corrected chi connectivity index (χ1v) is 4.22. The van der Waals surface area contributed by atoms with Crippen LogP contribution in [0.15, 0.2) is 30.3 Å². The lowest BCUT2D eigenvalue weighted by Crippen LogP contribution is -1.91. The fraction of sp³-hybridized carbons (Fsp3) is 0.364. The molecule has 0 heterocycles. The standard InChI is InChI=1S/C11H15.Al.3H/c1-3-7-10(2)11-8-5-4-6-9-11;;;;/h4-6,8-10H,2-3,7H2,1H3;;;;. The molecule has 1 unspecified atom stereocenters. The van der Waals surface area contributed by atoms with E-state index in [1.165, 1.54) is 18.4 Å². The highest BCUT2D eigenvalue weighted by atomic mass is 27.0. The Morgan fingerprint density at radius 3 is 2.33 bits per heavy atom. The van der Waals surface area contributed by atoms with E-state index in [0.29, 0.717) is 5.92 Å². The zero-order valence-corrected chi connectivity index (χ0v) is 7.09. The molecule has 0 amide bonds. The number of benzene rings is 1. The number of hydrogen-bond acceptors (Lipinski definition) is 0. The van der Waals surface area contributed by atoms with Gasteiger partial charge in [-0.2, -0.15) is 0 Å². The van der Waals surface area contributed by atoms with Gasteiger partial charge in [-0.1, -0.05) is 43.7 Å². The highest BCUT2D eigenvalue weighted by Gasteiger charge is 2.01. The second-order valence-corrected chi connectivity index (χ2v) is 2.90. The van der Waals surface area contributed by atoms with Crippen molar-refractivity contribution in [3.63, 3.8) is 0 Å². The van der Waals surface area contributed by atoms with Gasteiger partial charge >= 0.3 is 0 Å². The SMILES string of the molecule is [AlH3].[CH2]C(CCC)c1ccccc1. The lowest BCUT2D eigenvalue weighted by molar-refractivity contribution is 0.714. The van der Waals surface area contributed by atoms with Crippen LogP contribution in [0.3, 0.4) is 0 Å². The van der Waals surface area contributed by atoms with Crippen LogP contribution < -0.4 is 0 Å². The topological polar surface area (TPSA) is 0 Å². The molecular formula is C11H18Al. The van der Waals surface area contributed by atoms with Crippen molar-refractivity contribution in [3.8, 4) is 0 Å². The lowest BCUT2D eigenvalue weighted by atomic mass is 9.97. The van der Waals surface area contributed by atoms with Crippen molar-refractivity contribution >= 4 is 17.4 Å². The monoisotopic (exact) mass is 177 g/mol. The van der Waals surface area contributed by atoms with Gasteiger partial charge in [-0.05, 0) is 24.8 Å². The van der Waals surface area contributed by atoms with Crippen molar-refractivity contribution in [3.05, 3.63) is 42.8 Å². The van der Waals surface area contributed by atoms with E-state index in [1.807, 2.05) is 6.07 Å². The summed E-state index contributed by atoms with van der Waals surface area (Å²) in [4.78, 5) is 0. The van der Waals surface area contributed by atoms with Crippen molar-refractivity contribution in [2.24, 2.45) is 0 Å². The second-order valence-electron chi connectivity index (χ2n) is 2.90. The molecule has 0 nitrogen and oxygen atoms in total. The van der Waals surface area contributed by atoms with Crippen molar-refractivity contribution in [1.82, 2.24) is 0 Å². The molecule has 0 aliphatic heterocycles. The van der Waals surface area contributed by atoms with Gasteiger partial charge in [0.25, 0.3) is 0 Å². The quantitative estimate of drug-likeness (QED) is 0.621. The molecule has 0 fully saturated rings. The van der Waals surface area contributed by atoms with Crippen LogP contribution in [0.1, 0.15) is 31.2 Å². The summed E-state index contributed by atoms with van der Waals surface area (Å²) in [5, 5.41) is 0. The van der Waals surface area contributed by atoms with E-state index in [-0.39, 0.29) is 17.4 Å². The molecule has 1 rings (SSSR count). The van der Waals surface area contributed by atoms with Crippen molar-refractivity contribution in [1.29, 1.82) is 0 Å². The van der Waals surface area contributed by atoms with E-state index >= 15 is 0 Å². The third-order valence-corrected chi connectivity index (χ3v) is 1.91. The molecule has 0 aromatic heterocycles. The summed E-state index contributed by atoms with van der Waals surface area (Å²) in [7, 11) is 0. The fourth-order valence-electron chi connectivity index (χ4n) is 1.24. The average molecular weight is 177 g/mol. The van der Waals surface area contributed by atoms with Crippen LogP contribution in [0.2, 0.25) is 0 Å². The van der Waals surface area contributed by atoms with Gasteiger partial charge < -0.3 is 0 Å². The Morgan fingerprint density at radius 2 is 1.83 bits per heavy atom. The van der Waals surface area contributed by atoms with Crippen LogP contribution in [0.25, 0.3) is 0 Å². The molecule has 1 heteroatoms. The summed E-state index contributed by atoms with van der Waals surface area (Å²) in [5.41, 5.74) is 1.36. The maximum Gasteiger partial charge on any atom is 0.187 e. The Balaban J connectivity index is 0.00000121. The first kappa shape index (κ1) is 11.8. The molecular weight excluding hydrogens is 159 g/mol. The fourth-order valence-corrected chi connectivity index (χ4v) is 1.24. The van der Waals surface area contributed by atoms with Gasteiger partial charge in [0.1, 0.15) is 0 Å². The van der Waals surface area contributed by atoms with Crippen LogP contribution in [0, 0.1) is 6.92 Å². The van der Waals surface area contributed by atoms with E-state index in [9.17, 15) is 0 Å². The molecule has 1 aromatic carbocycles. The van der Waals surface area contributed by atoms with Crippen molar-refractivity contribution < 1.29 is 0 Å². The first-order valence-electron chi connectivity index (χ1n) is 4.22. The van der Waals surface area contributed by atoms with E-state index < -0.39 is 0 Å². The minimum Gasteiger partial charge on any atom is -0.0654 e. The molecule has 0 bridgehead atoms. The highest BCUT2D eigenvalue weighted by Crippen LogP contribution is 2.18. The van der Waals surface area contributed by atoms with Crippen LogP contribution >= 0.6 is 0 Å². The van der Waals surface area contributed by atoms with Crippen molar-refractivity contribution in [2.75, 3.05) is 0 Å². The summed E-state index contributed by atoms with van der Waals surface area (Å²) < 4.78 is 0. The van der Waals surface area contributed by atoms with E-state index in [1.54, 1.807) is 0 Å². The summed E-state index contributed by atoms with van der Waals surface area (Å²) in [6.07, 6.45) is 2.40. The molecule has 1 aromatic rings.